The van der Waals surface area contributed by atoms with Crippen molar-refractivity contribution in [2.45, 2.75) is 64.2 Å². The third-order valence-electron chi connectivity index (χ3n) is 4.33. The maximum Gasteiger partial charge on any atom is 0.435 e. The number of alkyl halides is 3. The van der Waals surface area contributed by atoms with Gasteiger partial charge in [0.25, 0.3) is 0 Å². The Morgan fingerprint density at radius 3 is 2.67 bits per heavy atom. The van der Waals surface area contributed by atoms with Crippen molar-refractivity contribution < 1.29 is 13.2 Å². The molecule has 21 heavy (non-hydrogen) atoms. The lowest BCUT2D eigenvalue weighted by Crippen LogP contribution is -2.42. The van der Waals surface area contributed by atoms with Crippen molar-refractivity contribution in [2.75, 3.05) is 6.54 Å². The number of nitrogens with zero attached hydrogens (tertiary/aromatic N) is 2. The van der Waals surface area contributed by atoms with E-state index in [0.29, 0.717) is 5.92 Å². The molecule has 0 spiro atoms. The highest BCUT2D eigenvalue weighted by Gasteiger charge is 2.36. The molecule has 1 saturated carbocycles. The van der Waals surface area contributed by atoms with E-state index in [9.17, 15) is 13.2 Å². The number of halogens is 3. The molecule has 1 aromatic rings. The summed E-state index contributed by atoms with van der Waals surface area (Å²) in [6, 6.07) is 1.31. The molecule has 1 fully saturated rings. The molecule has 0 aromatic carbocycles. The Hall–Kier alpha value is -1.04. The maximum absolute atomic E-state index is 12.7. The molecule has 1 aliphatic carbocycles. The first kappa shape index (κ1) is 16.3. The smallest absolute Gasteiger partial charge is 0.312 e. The second kappa shape index (κ2) is 6.81. The Balaban J connectivity index is 2.16. The molecule has 3 nitrogen and oxygen atoms in total. The molecule has 1 N–H and O–H groups in total. The van der Waals surface area contributed by atoms with Gasteiger partial charge in [0.05, 0.1) is 6.04 Å². The Labute approximate surface area is 123 Å². The van der Waals surface area contributed by atoms with Crippen LogP contribution in [0.4, 0.5) is 13.2 Å². The van der Waals surface area contributed by atoms with Crippen molar-refractivity contribution in [2.24, 2.45) is 5.92 Å². The normalized spacial score (nSPS) is 27.0. The van der Waals surface area contributed by atoms with E-state index in [4.69, 9.17) is 0 Å². The van der Waals surface area contributed by atoms with E-state index in [1.54, 1.807) is 0 Å². The van der Waals surface area contributed by atoms with E-state index >= 15 is 0 Å². The van der Waals surface area contributed by atoms with Gasteiger partial charge in [-0.3, -0.25) is 4.68 Å². The predicted octanol–water partition coefficient (Wildman–Crippen LogP) is 4.02. The van der Waals surface area contributed by atoms with E-state index in [-0.39, 0.29) is 12.1 Å². The van der Waals surface area contributed by atoms with E-state index < -0.39 is 11.9 Å². The molecular weight excluding hydrogens is 279 g/mol. The molecule has 0 amide bonds. The quantitative estimate of drug-likeness (QED) is 0.890. The van der Waals surface area contributed by atoms with Crippen molar-refractivity contribution in [3.63, 3.8) is 0 Å². The van der Waals surface area contributed by atoms with Crippen molar-refractivity contribution in [1.29, 1.82) is 0 Å². The zero-order chi connectivity index (χ0) is 15.5. The van der Waals surface area contributed by atoms with Gasteiger partial charge in [-0.25, -0.2) is 0 Å². The lowest BCUT2D eigenvalue weighted by molar-refractivity contribution is -0.141. The lowest BCUT2D eigenvalue weighted by atomic mass is 9.80. The molecule has 1 aromatic heterocycles. The molecule has 3 unspecified atom stereocenters. The fourth-order valence-corrected chi connectivity index (χ4v) is 3.37. The first-order valence-corrected chi connectivity index (χ1v) is 7.81. The van der Waals surface area contributed by atoms with E-state index in [1.165, 1.54) is 10.9 Å². The van der Waals surface area contributed by atoms with Gasteiger partial charge in [0.1, 0.15) is 0 Å². The molecular formula is C15H24F3N3. The third kappa shape index (κ3) is 3.99. The summed E-state index contributed by atoms with van der Waals surface area (Å²) in [6.07, 6.45) is 2.44. The third-order valence-corrected chi connectivity index (χ3v) is 4.33. The standard InChI is InChI=1S/C15H24F3N3/c1-3-5-11-6-7-12(19-4-2)13(10-11)21-9-8-14(20-21)15(16,17)18/h8-9,11-13,19H,3-7,10H2,1-2H3. The van der Waals surface area contributed by atoms with Crippen LogP contribution in [0.25, 0.3) is 0 Å². The van der Waals surface area contributed by atoms with Crippen LogP contribution in [0.3, 0.4) is 0 Å². The highest BCUT2D eigenvalue weighted by molar-refractivity contribution is 5.05. The van der Waals surface area contributed by atoms with Crippen LogP contribution in [-0.2, 0) is 6.18 Å². The van der Waals surface area contributed by atoms with Gasteiger partial charge in [0.2, 0.25) is 0 Å². The van der Waals surface area contributed by atoms with Gasteiger partial charge in [0, 0.05) is 12.2 Å². The zero-order valence-electron chi connectivity index (χ0n) is 12.7. The summed E-state index contributed by atoms with van der Waals surface area (Å²) in [7, 11) is 0. The topological polar surface area (TPSA) is 29.9 Å². The second-order valence-corrected chi connectivity index (χ2v) is 5.88. The molecule has 2 rings (SSSR count). The van der Waals surface area contributed by atoms with E-state index in [2.05, 4.69) is 17.3 Å². The molecule has 0 bridgehead atoms. The fourth-order valence-electron chi connectivity index (χ4n) is 3.37. The van der Waals surface area contributed by atoms with Gasteiger partial charge in [-0.05, 0) is 37.8 Å². The lowest BCUT2D eigenvalue weighted by Gasteiger charge is -2.36. The Morgan fingerprint density at radius 1 is 1.33 bits per heavy atom. The summed E-state index contributed by atoms with van der Waals surface area (Å²) in [5, 5.41) is 7.19. The molecule has 120 valence electrons. The van der Waals surface area contributed by atoms with Crippen LogP contribution in [-0.4, -0.2) is 22.4 Å². The van der Waals surface area contributed by atoms with Gasteiger partial charge in [-0.15, -0.1) is 0 Å². The van der Waals surface area contributed by atoms with Crippen molar-refractivity contribution in [1.82, 2.24) is 15.1 Å². The van der Waals surface area contributed by atoms with Crippen LogP contribution in [0.1, 0.15) is 57.7 Å². The predicted molar refractivity (Wildman–Crippen MR) is 76.0 cm³/mol. The summed E-state index contributed by atoms with van der Waals surface area (Å²) < 4.78 is 39.7. The van der Waals surface area contributed by atoms with Gasteiger partial charge in [-0.2, -0.15) is 18.3 Å². The SMILES string of the molecule is CCCC1CCC(NCC)C(n2ccc(C(F)(F)F)n2)C1. The van der Waals surface area contributed by atoms with Gasteiger partial charge >= 0.3 is 6.18 Å². The van der Waals surface area contributed by atoms with Gasteiger partial charge in [-0.1, -0.05) is 26.7 Å². The Bertz CT molecular complexity index is 442. The first-order valence-electron chi connectivity index (χ1n) is 7.81. The number of nitrogens with one attached hydrogen (secondary N) is 1. The summed E-state index contributed by atoms with van der Waals surface area (Å²) in [5.41, 5.74) is -0.796. The summed E-state index contributed by atoms with van der Waals surface area (Å²) in [4.78, 5) is 0. The Morgan fingerprint density at radius 2 is 2.10 bits per heavy atom. The molecule has 6 heteroatoms. The van der Waals surface area contributed by atoms with Crippen molar-refractivity contribution in [3.05, 3.63) is 18.0 Å². The fraction of sp³-hybridized carbons (Fsp3) is 0.800. The van der Waals surface area contributed by atoms with Crippen molar-refractivity contribution in [3.8, 4) is 0 Å². The number of aromatic nitrogens is 2. The maximum atomic E-state index is 12.7. The summed E-state index contributed by atoms with van der Waals surface area (Å²) in [5.74, 6) is 0.591. The number of hydrogen-bond donors (Lipinski definition) is 1. The highest BCUT2D eigenvalue weighted by atomic mass is 19.4. The molecule has 0 radical (unpaired) electrons. The molecule has 0 aliphatic heterocycles. The minimum atomic E-state index is -4.36. The van der Waals surface area contributed by atoms with Crippen LogP contribution >= 0.6 is 0 Å². The number of likely N-dealkylation sites (N-methyl/N-ethyl adjacent to an activating group) is 1. The molecule has 0 saturated heterocycles. The average Bonchev–Trinajstić information content (AvgIpc) is 2.90. The van der Waals surface area contributed by atoms with Crippen molar-refractivity contribution >= 4 is 0 Å². The van der Waals surface area contributed by atoms with Crippen LogP contribution in [0.2, 0.25) is 0 Å². The van der Waals surface area contributed by atoms with Gasteiger partial charge in [0.15, 0.2) is 5.69 Å². The minimum absolute atomic E-state index is 0.0198. The van der Waals surface area contributed by atoms with Crippen LogP contribution < -0.4 is 5.32 Å². The first-order chi connectivity index (χ1) is 9.95. The Kier molecular flexibility index (Phi) is 5.30. The second-order valence-electron chi connectivity index (χ2n) is 5.88. The van der Waals surface area contributed by atoms with Crippen LogP contribution in [0, 0.1) is 5.92 Å². The minimum Gasteiger partial charge on any atom is -0.312 e. The molecule has 3 atom stereocenters. The van der Waals surface area contributed by atoms with E-state index in [1.807, 2.05) is 6.92 Å². The number of hydrogen-bond acceptors (Lipinski definition) is 2. The van der Waals surface area contributed by atoms with Gasteiger partial charge < -0.3 is 5.32 Å². The zero-order valence-corrected chi connectivity index (χ0v) is 12.7. The monoisotopic (exact) mass is 303 g/mol. The van der Waals surface area contributed by atoms with Crippen LogP contribution in [0.5, 0.6) is 0 Å². The summed E-state index contributed by atoms with van der Waals surface area (Å²) in [6.45, 7) is 5.01. The largest absolute Gasteiger partial charge is 0.435 e. The molecule has 1 heterocycles. The number of rotatable bonds is 5. The molecule has 1 aliphatic rings. The van der Waals surface area contributed by atoms with Crippen LogP contribution in [0.15, 0.2) is 12.3 Å². The average molecular weight is 303 g/mol. The van der Waals surface area contributed by atoms with E-state index in [0.717, 1.165) is 44.7 Å². The highest BCUT2D eigenvalue weighted by Crippen LogP contribution is 2.36. The summed E-state index contributed by atoms with van der Waals surface area (Å²) >= 11 is 0.